The third-order valence-electron chi connectivity index (χ3n) is 2.55. The molecule has 92 valence electrons. The second-order valence-electron chi connectivity index (χ2n) is 4.09. The monoisotopic (exact) mass is 307 g/mol. The SMILES string of the molecule is O=C(NC1CC(F)(F)C1)c1cc(F)cc(Br)c1. The highest BCUT2D eigenvalue weighted by molar-refractivity contribution is 9.10. The van der Waals surface area contributed by atoms with Gasteiger partial charge in [0.25, 0.3) is 11.8 Å². The van der Waals surface area contributed by atoms with Gasteiger partial charge in [-0.2, -0.15) is 0 Å². The van der Waals surface area contributed by atoms with Crippen molar-refractivity contribution in [3.63, 3.8) is 0 Å². The zero-order valence-electron chi connectivity index (χ0n) is 8.64. The largest absolute Gasteiger partial charge is 0.349 e. The molecule has 17 heavy (non-hydrogen) atoms. The number of carbonyl (C=O) groups excluding carboxylic acids is 1. The van der Waals surface area contributed by atoms with Gasteiger partial charge in [-0.25, -0.2) is 13.2 Å². The van der Waals surface area contributed by atoms with Crippen LogP contribution in [0.1, 0.15) is 23.2 Å². The molecule has 6 heteroatoms. The van der Waals surface area contributed by atoms with Crippen LogP contribution in [0.2, 0.25) is 0 Å². The average molecular weight is 308 g/mol. The van der Waals surface area contributed by atoms with E-state index in [1.165, 1.54) is 12.1 Å². The predicted molar refractivity (Wildman–Crippen MR) is 59.5 cm³/mol. The van der Waals surface area contributed by atoms with E-state index in [0.29, 0.717) is 4.47 Å². The van der Waals surface area contributed by atoms with E-state index >= 15 is 0 Å². The Morgan fingerprint density at radius 3 is 2.53 bits per heavy atom. The van der Waals surface area contributed by atoms with Gasteiger partial charge in [-0.1, -0.05) is 15.9 Å². The molecule has 0 spiro atoms. The van der Waals surface area contributed by atoms with Gasteiger partial charge >= 0.3 is 0 Å². The van der Waals surface area contributed by atoms with Crippen molar-refractivity contribution in [2.75, 3.05) is 0 Å². The van der Waals surface area contributed by atoms with Crippen molar-refractivity contribution in [2.45, 2.75) is 24.8 Å². The van der Waals surface area contributed by atoms with Gasteiger partial charge in [-0.3, -0.25) is 4.79 Å². The molecule has 0 aliphatic heterocycles. The number of nitrogens with one attached hydrogen (secondary N) is 1. The Balaban J connectivity index is 2.01. The van der Waals surface area contributed by atoms with Crippen molar-refractivity contribution in [1.29, 1.82) is 0 Å². The van der Waals surface area contributed by atoms with Gasteiger partial charge in [0, 0.05) is 28.9 Å². The summed E-state index contributed by atoms with van der Waals surface area (Å²) in [4.78, 5) is 11.6. The van der Waals surface area contributed by atoms with Crippen LogP contribution >= 0.6 is 15.9 Å². The molecular weight excluding hydrogens is 299 g/mol. The fourth-order valence-electron chi connectivity index (χ4n) is 1.72. The third-order valence-corrected chi connectivity index (χ3v) is 3.01. The molecule has 0 atom stereocenters. The fourth-order valence-corrected chi connectivity index (χ4v) is 2.18. The van der Waals surface area contributed by atoms with Crippen LogP contribution in [-0.2, 0) is 0 Å². The molecule has 1 fully saturated rings. The molecule has 2 rings (SSSR count). The second-order valence-corrected chi connectivity index (χ2v) is 5.01. The minimum Gasteiger partial charge on any atom is -0.349 e. The number of carbonyl (C=O) groups is 1. The zero-order valence-corrected chi connectivity index (χ0v) is 10.2. The fraction of sp³-hybridized carbons (Fsp3) is 0.364. The van der Waals surface area contributed by atoms with Crippen molar-refractivity contribution in [1.82, 2.24) is 5.32 Å². The van der Waals surface area contributed by atoms with Gasteiger partial charge in [0.2, 0.25) is 0 Å². The van der Waals surface area contributed by atoms with Crippen LogP contribution in [0.4, 0.5) is 13.2 Å². The lowest BCUT2D eigenvalue weighted by atomic mass is 9.88. The van der Waals surface area contributed by atoms with Crippen LogP contribution in [0.5, 0.6) is 0 Å². The number of halogens is 4. The van der Waals surface area contributed by atoms with E-state index in [2.05, 4.69) is 21.2 Å². The summed E-state index contributed by atoms with van der Waals surface area (Å²) < 4.78 is 38.5. The number of benzene rings is 1. The summed E-state index contributed by atoms with van der Waals surface area (Å²) in [6, 6.07) is 3.19. The summed E-state index contributed by atoms with van der Waals surface area (Å²) in [5.74, 6) is -3.77. The molecule has 1 aliphatic rings. The minimum atomic E-state index is -2.68. The zero-order chi connectivity index (χ0) is 12.6. The van der Waals surface area contributed by atoms with Crippen LogP contribution < -0.4 is 5.32 Å². The Labute approximate surface area is 104 Å². The topological polar surface area (TPSA) is 29.1 Å². The van der Waals surface area contributed by atoms with Gasteiger partial charge in [0.15, 0.2) is 0 Å². The molecule has 1 amide bonds. The molecule has 0 saturated heterocycles. The number of amides is 1. The molecule has 2 nitrogen and oxygen atoms in total. The predicted octanol–water partition coefficient (Wildman–Crippen LogP) is 3.12. The van der Waals surface area contributed by atoms with E-state index in [1.54, 1.807) is 0 Å². The van der Waals surface area contributed by atoms with E-state index in [9.17, 15) is 18.0 Å². The van der Waals surface area contributed by atoms with E-state index in [1.807, 2.05) is 0 Å². The number of alkyl halides is 2. The summed E-state index contributed by atoms with van der Waals surface area (Å²) >= 11 is 3.06. The van der Waals surface area contributed by atoms with Gasteiger partial charge in [0.1, 0.15) is 5.82 Å². The van der Waals surface area contributed by atoms with E-state index < -0.39 is 23.7 Å². The maximum atomic E-state index is 13.0. The quantitative estimate of drug-likeness (QED) is 0.893. The molecular formula is C11H9BrF3NO. The maximum Gasteiger partial charge on any atom is 0.252 e. The average Bonchev–Trinajstić information content (AvgIpc) is 2.13. The van der Waals surface area contributed by atoms with Gasteiger partial charge in [-0.05, 0) is 18.2 Å². The first-order valence-corrected chi connectivity index (χ1v) is 5.80. The van der Waals surface area contributed by atoms with Crippen molar-refractivity contribution in [3.8, 4) is 0 Å². The molecule has 0 bridgehead atoms. The van der Waals surface area contributed by atoms with Crippen LogP contribution in [0.15, 0.2) is 22.7 Å². The molecule has 1 aliphatic carbocycles. The summed E-state index contributed by atoms with van der Waals surface area (Å²) in [5.41, 5.74) is 0.118. The van der Waals surface area contributed by atoms with Crippen LogP contribution in [0, 0.1) is 5.82 Å². The molecule has 0 heterocycles. The Morgan fingerprint density at radius 2 is 2.00 bits per heavy atom. The summed E-state index contributed by atoms with van der Waals surface area (Å²) in [7, 11) is 0. The summed E-state index contributed by atoms with van der Waals surface area (Å²) in [5, 5.41) is 2.44. The normalized spacial score (nSPS) is 18.6. The van der Waals surface area contributed by atoms with Crippen molar-refractivity contribution in [3.05, 3.63) is 34.1 Å². The standard InChI is InChI=1S/C11H9BrF3NO/c12-7-1-6(2-8(13)3-7)10(17)16-9-4-11(14,15)5-9/h1-3,9H,4-5H2,(H,16,17). The van der Waals surface area contributed by atoms with Crippen molar-refractivity contribution < 1.29 is 18.0 Å². The lowest BCUT2D eigenvalue weighted by Gasteiger charge is -2.35. The third kappa shape index (κ3) is 3.00. The lowest BCUT2D eigenvalue weighted by molar-refractivity contribution is -0.0901. The van der Waals surface area contributed by atoms with Gasteiger partial charge in [-0.15, -0.1) is 0 Å². The van der Waals surface area contributed by atoms with E-state index in [-0.39, 0.29) is 18.4 Å². The van der Waals surface area contributed by atoms with Crippen molar-refractivity contribution in [2.24, 2.45) is 0 Å². The highest BCUT2D eigenvalue weighted by atomic mass is 79.9. The van der Waals surface area contributed by atoms with Gasteiger partial charge < -0.3 is 5.32 Å². The molecule has 0 unspecified atom stereocenters. The summed E-state index contributed by atoms with van der Waals surface area (Å²) in [6.45, 7) is 0. The number of rotatable bonds is 2. The first-order valence-electron chi connectivity index (χ1n) is 5.00. The smallest absolute Gasteiger partial charge is 0.252 e. The van der Waals surface area contributed by atoms with E-state index in [4.69, 9.17) is 0 Å². The minimum absolute atomic E-state index is 0.118. The van der Waals surface area contributed by atoms with E-state index in [0.717, 1.165) is 6.07 Å². The number of hydrogen-bond donors (Lipinski definition) is 1. The molecule has 1 aromatic rings. The van der Waals surface area contributed by atoms with Crippen LogP contribution in [0.25, 0.3) is 0 Å². The Bertz CT molecular complexity index is 436. The molecule has 1 saturated carbocycles. The van der Waals surface area contributed by atoms with Gasteiger partial charge in [0.05, 0.1) is 0 Å². The molecule has 1 N–H and O–H groups in total. The Hall–Kier alpha value is -1.04. The van der Waals surface area contributed by atoms with Crippen molar-refractivity contribution >= 4 is 21.8 Å². The Morgan fingerprint density at radius 1 is 1.35 bits per heavy atom. The highest BCUT2D eigenvalue weighted by Gasteiger charge is 2.45. The first kappa shape index (κ1) is 12.4. The maximum absolute atomic E-state index is 13.0. The first-order chi connectivity index (χ1) is 7.85. The highest BCUT2D eigenvalue weighted by Crippen LogP contribution is 2.37. The molecule has 0 radical (unpaired) electrons. The molecule has 1 aromatic carbocycles. The van der Waals surface area contributed by atoms with Crippen LogP contribution in [-0.4, -0.2) is 17.9 Å². The Kier molecular flexibility index (Phi) is 3.16. The van der Waals surface area contributed by atoms with Crippen LogP contribution in [0.3, 0.4) is 0 Å². The molecule has 0 aromatic heterocycles. The second kappa shape index (κ2) is 4.33. The lowest BCUT2D eigenvalue weighted by Crippen LogP contribution is -2.50. The summed E-state index contributed by atoms with van der Waals surface area (Å²) in [6.07, 6.45) is -0.704. The number of hydrogen-bond acceptors (Lipinski definition) is 1.